The summed E-state index contributed by atoms with van der Waals surface area (Å²) in [6.07, 6.45) is -3.14. The van der Waals surface area contributed by atoms with Crippen molar-refractivity contribution < 1.29 is 22.4 Å². The first-order valence-electron chi connectivity index (χ1n) is 10.5. The van der Waals surface area contributed by atoms with E-state index in [1.165, 1.54) is 12.1 Å². The Morgan fingerprint density at radius 2 is 1.69 bits per heavy atom. The van der Waals surface area contributed by atoms with E-state index < -0.39 is 23.6 Å². The van der Waals surface area contributed by atoms with Crippen LogP contribution < -0.4 is 5.32 Å². The van der Waals surface area contributed by atoms with E-state index in [0.29, 0.717) is 16.1 Å². The number of fused-ring (bicyclic) bond motifs is 1. The van der Waals surface area contributed by atoms with Gasteiger partial charge in [-0.3, -0.25) is 9.48 Å². The highest BCUT2D eigenvalue weighted by atomic mass is 35.5. The number of anilines is 1. The zero-order valence-electron chi connectivity index (χ0n) is 18.2. The Morgan fingerprint density at radius 1 is 0.972 bits per heavy atom. The van der Waals surface area contributed by atoms with Crippen LogP contribution >= 0.6 is 11.6 Å². The summed E-state index contributed by atoms with van der Waals surface area (Å²) < 4.78 is 56.7. The minimum atomic E-state index is -4.78. The largest absolute Gasteiger partial charge is 0.433 e. The van der Waals surface area contributed by atoms with Gasteiger partial charge in [0.15, 0.2) is 22.9 Å². The van der Waals surface area contributed by atoms with Gasteiger partial charge >= 0.3 is 6.18 Å². The molecule has 0 bridgehead atoms. The number of carbonyl (C=O) groups is 1. The Hall–Kier alpha value is -4.25. The quantitative estimate of drug-likeness (QED) is 0.305. The number of nitrogens with one attached hydrogen (secondary N) is 1. The van der Waals surface area contributed by atoms with Crippen molar-refractivity contribution in [3.8, 4) is 11.3 Å². The molecule has 0 saturated carbocycles. The third-order valence-corrected chi connectivity index (χ3v) is 5.48. The van der Waals surface area contributed by atoms with Crippen LogP contribution in [0, 0.1) is 5.82 Å². The van der Waals surface area contributed by atoms with Gasteiger partial charge in [-0.2, -0.15) is 23.4 Å². The lowest BCUT2D eigenvalue weighted by Crippen LogP contribution is -2.16. The Morgan fingerprint density at radius 3 is 2.39 bits per heavy atom. The number of nitrogens with zero attached hydrogens (tertiary/aromatic N) is 5. The molecule has 12 heteroatoms. The van der Waals surface area contributed by atoms with Gasteiger partial charge in [0.1, 0.15) is 5.82 Å². The van der Waals surface area contributed by atoms with Gasteiger partial charge in [-0.25, -0.2) is 13.9 Å². The molecular formula is C24H15ClF4N6O. The van der Waals surface area contributed by atoms with E-state index in [0.717, 1.165) is 29.8 Å². The lowest BCUT2D eigenvalue weighted by molar-refractivity contribution is -0.142. The molecule has 0 aliphatic rings. The van der Waals surface area contributed by atoms with Crippen LogP contribution in [-0.4, -0.2) is 30.3 Å². The fourth-order valence-electron chi connectivity index (χ4n) is 3.53. The molecule has 2 aromatic carbocycles. The zero-order chi connectivity index (χ0) is 25.4. The lowest BCUT2D eigenvalue weighted by atomic mass is 10.1. The molecule has 36 heavy (non-hydrogen) atoms. The van der Waals surface area contributed by atoms with E-state index in [9.17, 15) is 22.4 Å². The molecule has 7 nitrogen and oxygen atoms in total. The van der Waals surface area contributed by atoms with Crippen LogP contribution in [0.5, 0.6) is 0 Å². The summed E-state index contributed by atoms with van der Waals surface area (Å²) in [5.74, 6) is -1.09. The molecule has 0 atom stereocenters. The molecule has 0 saturated heterocycles. The van der Waals surface area contributed by atoms with Crippen molar-refractivity contribution in [2.24, 2.45) is 0 Å². The number of benzene rings is 2. The Labute approximate surface area is 206 Å². The summed E-state index contributed by atoms with van der Waals surface area (Å²) in [7, 11) is 0. The molecule has 3 heterocycles. The first kappa shape index (κ1) is 23.5. The number of halogens is 5. The average Bonchev–Trinajstić information content (AvgIpc) is 3.46. The van der Waals surface area contributed by atoms with Gasteiger partial charge in [0, 0.05) is 28.9 Å². The molecule has 3 aromatic heterocycles. The molecule has 0 unspecified atom stereocenters. The third-order valence-electron chi connectivity index (χ3n) is 5.23. The highest BCUT2D eigenvalue weighted by molar-refractivity contribution is 6.30. The number of alkyl halides is 3. The van der Waals surface area contributed by atoms with Crippen molar-refractivity contribution in [2.75, 3.05) is 5.32 Å². The maximum absolute atomic E-state index is 13.8. The predicted octanol–water partition coefficient (Wildman–Crippen LogP) is 5.70. The summed E-state index contributed by atoms with van der Waals surface area (Å²) >= 11 is 5.89. The molecule has 5 aromatic rings. The second kappa shape index (κ2) is 9.08. The molecule has 182 valence electrons. The minimum absolute atomic E-state index is 0.0392. The maximum Gasteiger partial charge on any atom is 0.433 e. The first-order chi connectivity index (χ1) is 17.2. The molecule has 5 rings (SSSR count). The van der Waals surface area contributed by atoms with Crippen molar-refractivity contribution in [1.29, 1.82) is 0 Å². The molecular weight excluding hydrogens is 500 g/mol. The standard InChI is InChI=1S/C24H15ClF4N6O/c25-16-5-1-14(2-6-16)13-34-10-9-21(33-34)31-23(36)19-12-22-30-18(15-3-7-17(26)8-4-15)11-20(24(27,28)29)35(22)32-19/h1-12H,13H2,(H,31,33,36). The number of hydrogen-bond donors (Lipinski definition) is 1. The van der Waals surface area contributed by atoms with Crippen LogP contribution in [0.25, 0.3) is 16.9 Å². The highest BCUT2D eigenvalue weighted by Crippen LogP contribution is 2.32. The highest BCUT2D eigenvalue weighted by Gasteiger charge is 2.35. The van der Waals surface area contributed by atoms with Gasteiger partial charge in [-0.05, 0) is 48.0 Å². The number of amides is 1. The zero-order valence-corrected chi connectivity index (χ0v) is 18.9. The van der Waals surface area contributed by atoms with Crippen molar-refractivity contribution in [2.45, 2.75) is 12.7 Å². The van der Waals surface area contributed by atoms with Gasteiger partial charge in [0.05, 0.1) is 12.2 Å². The predicted molar refractivity (Wildman–Crippen MR) is 124 cm³/mol. The van der Waals surface area contributed by atoms with E-state index in [4.69, 9.17) is 11.6 Å². The maximum atomic E-state index is 13.8. The number of hydrogen-bond acceptors (Lipinski definition) is 4. The average molecular weight is 515 g/mol. The fourth-order valence-corrected chi connectivity index (χ4v) is 3.66. The smallest absolute Gasteiger partial charge is 0.304 e. The number of carbonyl (C=O) groups excluding carboxylic acids is 1. The number of rotatable bonds is 5. The summed E-state index contributed by atoms with van der Waals surface area (Å²) in [5.41, 5.74) is -0.425. The Kier molecular flexibility index (Phi) is 5.92. The van der Waals surface area contributed by atoms with Crippen LogP contribution in [-0.2, 0) is 12.7 Å². The topological polar surface area (TPSA) is 77.1 Å². The molecule has 0 spiro atoms. The molecule has 0 aliphatic heterocycles. The molecule has 1 N–H and O–H groups in total. The summed E-state index contributed by atoms with van der Waals surface area (Å²) in [6.45, 7) is 0.423. The van der Waals surface area contributed by atoms with Gasteiger partial charge in [0.2, 0.25) is 0 Å². The van der Waals surface area contributed by atoms with Crippen molar-refractivity contribution in [3.63, 3.8) is 0 Å². The molecule has 1 amide bonds. The first-order valence-corrected chi connectivity index (χ1v) is 10.9. The van der Waals surface area contributed by atoms with Crippen LogP contribution in [0.4, 0.5) is 23.4 Å². The van der Waals surface area contributed by atoms with Crippen molar-refractivity contribution >= 4 is 29.0 Å². The van der Waals surface area contributed by atoms with Crippen molar-refractivity contribution in [1.82, 2.24) is 24.4 Å². The van der Waals surface area contributed by atoms with Gasteiger partial charge in [0.25, 0.3) is 5.91 Å². The summed E-state index contributed by atoms with van der Waals surface area (Å²) in [6, 6.07) is 15.5. The summed E-state index contributed by atoms with van der Waals surface area (Å²) in [4.78, 5) is 16.9. The van der Waals surface area contributed by atoms with Crippen LogP contribution in [0.2, 0.25) is 5.02 Å². The second-order valence-electron chi connectivity index (χ2n) is 7.81. The van der Waals surface area contributed by atoms with Crippen LogP contribution in [0.15, 0.2) is 72.9 Å². The van der Waals surface area contributed by atoms with E-state index in [-0.39, 0.29) is 28.4 Å². The van der Waals surface area contributed by atoms with E-state index in [2.05, 4.69) is 20.5 Å². The van der Waals surface area contributed by atoms with E-state index >= 15 is 0 Å². The normalized spacial score (nSPS) is 11.7. The molecule has 0 aliphatic carbocycles. The molecule has 0 radical (unpaired) electrons. The Balaban J connectivity index is 1.42. The second-order valence-corrected chi connectivity index (χ2v) is 8.25. The lowest BCUT2D eigenvalue weighted by Gasteiger charge is -2.11. The SMILES string of the molecule is O=C(Nc1ccn(Cc2ccc(Cl)cc2)n1)c1cc2nc(-c3ccc(F)cc3)cc(C(F)(F)F)n2n1. The van der Waals surface area contributed by atoms with Crippen molar-refractivity contribution in [3.05, 3.63) is 101 Å². The van der Waals surface area contributed by atoms with E-state index in [1.807, 2.05) is 12.1 Å². The Bertz CT molecular complexity index is 1560. The monoisotopic (exact) mass is 514 g/mol. The fraction of sp³-hybridized carbons (Fsp3) is 0.0833. The minimum Gasteiger partial charge on any atom is -0.304 e. The van der Waals surface area contributed by atoms with Crippen LogP contribution in [0.1, 0.15) is 21.7 Å². The molecule has 0 fully saturated rings. The van der Waals surface area contributed by atoms with Gasteiger partial charge < -0.3 is 5.32 Å². The van der Waals surface area contributed by atoms with Crippen LogP contribution in [0.3, 0.4) is 0 Å². The number of aromatic nitrogens is 5. The third kappa shape index (κ3) is 4.91. The van der Waals surface area contributed by atoms with Gasteiger partial charge in [-0.1, -0.05) is 23.7 Å². The summed E-state index contributed by atoms with van der Waals surface area (Å²) in [5, 5.41) is 11.2. The van der Waals surface area contributed by atoms with Gasteiger partial charge in [-0.15, -0.1) is 0 Å². The van der Waals surface area contributed by atoms with E-state index in [1.54, 1.807) is 29.1 Å².